The minimum atomic E-state index is 0. The van der Waals surface area contributed by atoms with Crippen LogP contribution in [-0.4, -0.2) is 0 Å². The second-order valence-corrected chi connectivity index (χ2v) is 1.41. The zero-order chi connectivity index (χ0) is 23.4. The Kier molecular flexibility index (Phi) is 10800. The van der Waals surface area contributed by atoms with E-state index in [0.29, 0.717) is 0 Å². The van der Waals surface area contributed by atoms with Crippen LogP contribution >= 0.6 is 0 Å². The third-order valence-corrected chi connectivity index (χ3v) is 0. The third kappa shape index (κ3) is 0. The summed E-state index contributed by atoms with van der Waals surface area (Å²) in [5, 5.41) is 0. The fourth-order valence-electron chi connectivity index (χ4n) is 0. The lowest BCUT2D eigenvalue weighted by molar-refractivity contribution is 1.09. The van der Waals surface area contributed by atoms with Crippen molar-refractivity contribution in [3.63, 3.8) is 0 Å². The van der Waals surface area contributed by atoms with Gasteiger partial charge in [-0.1, -0.05) is 173 Å². The van der Waals surface area contributed by atoms with Gasteiger partial charge in [-0.25, -0.2) is 0 Å². The molecule has 0 aromatic heterocycles. The van der Waals surface area contributed by atoms with Crippen molar-refractivity contribution in [2.75, 3.05) is 0 Å². The first-order chi connectivity index (χ1) is 11.8. The molecule has 0 atom stereocenters. The topological polar surface area (TPSA) is 0 Å². The Morgan fingerprint density at radius 1 is 0.280 bits per heavy atom. The molecule has 0 aromatic rings. The Balaban J connectivity index is -0.00000000649. The molecule has 0 fully saturated rings. The molecule has 0 bridgehead atoms. The summed E-state index contributed by atoms with van der Waals surface area (Å²) in [6.45, 7) is 44.5. The molecule has 0 rings (SSSR count). The first-order valence-corrected chi connectivity index (χ1v) is 11.8. The van der Waals surface area contributed by atoms with Gasteiger partial charge in [0.05, 0.1) is 0 Å². The summed E-state index contributed by atoms with van der Waals surface area (Å²) in [5.74, 6) is 0. The average molecular weight is 378 g/mol. The zero-order valence-electron chi connectivity index (χ0n) is 23.4. The fourth-order valence-corrected chi connectivity index (χ4v) is 0. The van der Waals surface area contributed by atoms with Crippen molar-refractivity contribution in [2.24, 2.45) is 0 Å². The van der Waals surface area contributed by atoms with Gasteiger partial charge in [0.25, 0.3) is 0 Å². The van der Waals surface area contributed by atoms with Crippen LogP contribution in [0.4, 0.5) is 0 Å². The molecule has 0 heterocycles. The third-order valence-electron chi connectivity index (χ3n) is 0. The van der Waals surface area contributed by atoms with Gasteiger partial charge in [0.15, 0.2) is 0 Å². The SMILES string of the molecule is C.CC.CC.CC.CC.CC.CC.CC.CC.CC.CCC.CCC.[2HH]. The average Bonchev–Trinajstić information content (AvgIpc) is 2.76. The van der Waals surface area contributed by atoms with Gasteiger partial charge in [0.1, 0.15) is 0 Å². The van der Waals surface area contributed by atoms with Gasteiger partial charge in [-0.3, -0.25) is 0 Å². The van der Waals surface area contributed by atoms with E-state index in [1.54, 1.807) is 0 Å². The molecule has 0 unspecified atom stereocenters. The molecule has 0 aliphatic rings. The predicted molar refractivity (Wildman–Crippen MR) is 143 cm³/mol. The largest absolute Gasteiger partial charge is 0.0776 e. The molecule has 0 amide bonds. The van der Waals surface area contributed by atoms with Crippen LogP contribution < -0.4 is 0 Å². The minimum Gasteiger partial charge on any atom is -0.0776 e. The van der Waals surface area contributed by atoms with Crippen molar-refractivity contribution in [1.29, 1.82) is 0 Å². The highest BCUT2D eigenvalue weighted by Gasteiger charge is 1.36. The van der Waals surface area contributed by atoms with Crippen molar-refractivity contribution < 1.29 is 1.43 Å². The summed E-state index contributed by atoms with van der Waals surface area (Å²) in [5.41, 5.74) is 0. The van der Waals surface area contributed by atoms with Gasteiger partial charge < -0.3 is 0 Å². The van der Waals surface area contributed by atoms with Crippen molar-refractivity contribution in [1.82, 2.24) is 0 Å². The highest BCUT2D eigenvalue weighted by Crippen LogP contribution is 1.56. The second kappa shape index (κ2) is 3170. The van der Waals surface area contributed by atoms with E-state index in [0.717, 1.165) is 0 Å². The molecule has 0 heteroatoms. The zero-order valence-corrected chi connectivity index (χ0v) is 23.4. The maximum atomic E-state index is 2.12. The van der Waals surface area contributed by atoms with Gasteiger partial charge in [-0.05, 0) is 0 Å². The van der Waals surface area contributed by atoms with Gasteiger partial charge in [0, 0.05) is 1.43 Å². The van der Waals surface area contributed by atoms with Crippen LogP contribution in [0.15, 0.2) is 0 Å². The Bertz CT molecular complexity index is 8.12. The Labute approximate surface area is 174 Å². The second-order valence-electron chi connectivity index (χ2n) is 1.41. The van der Waals surface area contributed by atoms with Crippen LogP contribution in [0.25, 0.3) is 0 Å². The Morgan fingerprint density at radius 3 is 0.280 bits per heavy atom. The summed E-state index contributed by atoms with van der Waals surface area (Å²) in [6, 6.07) is 0. The van der Waals surface area contributed by atoms with Gasteiger partial charge in [0.2, 0.25) is 0 Å². The summed E-state index contributed by atoms with van der Waals surface area (Å²) in [6.07, 6.45) is 2.50. The molecule has 25 heavy (non-hydrogen) atoms. The van der Waals surface area contributed by atoms with Crippen LogP contribution in [0.5, 0.6) is 0 Å². The molecular weight excluding hydrogens is 300 g/mol. The monoisotopic (exact) mass is 378 g/mol. The molecule has 0 nitrogen and oxygen atoms in total. The number of rotatable bonds is 0. The fraction of sp³-hybridized carbons (Fsp3) is 1.00. The maximum absolute atomic E-state index is 2.12. The van der Waals surface area contributed by atoms with Crippen LogP contribution in [0.2, 0.25) is 0 Å². The first-order valence-electron chi connectivity index (χ1n) is 11.8. The van der Waals surface area contributed by atoms with E-state index < -0.39 is 0 Å². The van der Waals surface area contributed by atoms with E-state index in [2.05, 4.69) is 27.7 Å². The summed E-state index contributed by atoms with van der Waals surface area (Å²) in [4.78, 5) is 0. The van der Waals surface area contributed by atoms with E-state index in [9.17, 15) is 0 Å². The molecule has 0 aliphatic carbocycles. The van der Waals surface area contributed by atoms with E-state index in [4.69, 9.17) is 0 Å². The van der Waals surface area contributed by atoms with Crippen LogP contribution in [0, 0.1) is 0 Å². The van der Waals surface area contributed by atoms with E-state index in [1.165, 1.54) is 12.8 Å². The van der Waals surface area contributed by atoms with Crippen LogP contribution in [0.1, 0.15) is 174 Å². The van der Waals surface area contributed by atoms with Crippen molar-refractivity contribution >= 4 is 0 Å². The van der Waals surface area contributed by atoms with Crippen LogP contribution in [-0.2, 0) is 0 Å². The lowest BCUT2D eigenvalue weighted by atomic mass is 10.6. The van der Waals surface area contributed by atoms with Gasteiger partial charge in [-0.2, -0.15) is 0 Å². The molecule has 0 aliphatic heterocycles. The van der Waals surface area contributed by atoms with E-state index >= 15 is 0 Å². The molecule has 0 spiro atoms. The van der Waals surface area contributed by atoms with Gasteiger partial charge in [-0.15, -0.1) is 0 Å². The number of hydrogen-bond acceptors (Lipinski definition) is 0. The molecule has 176 valence electrons. The molecule has 0 radical (unpaired) electrons. The molecule has 0 N–H and O–H groups in total. The summed E-state index contributed by atoms with van der Waals surface area (Å²) >= 11 is 0. The quantitative estimate of drug-likeness (QED) is 0.393. The highest BCUT2D eigenvalue weighted by molar-refractivity contribution is 3.92. The maximum Gasteiger partial charge on any atom is 0 e. The van der Waals surface area contributed by atoms with Crippen molar-refractivity contribution in [3.05, 3.63) is 0 Å². The smallest absolute Gasteiger partial charge is 0 e. The highest BCUT2D eigenvalue weighted by atomic mass is 13.4. The normalized spacial score (nSPS) is 3.60. The van der Waals surface area contributed by atoms with Crippen LogP contribution in [0.3, 0.4) is 0 Å². The standard InChI is InChI=1S/2C3H8.9C2H6.CH4.H2/c2*1-3-2;9*1-2;;/h2*3H2,1-2H3;9*1-2H3;1H4;1H/i;;;;;;;;;;;;1+1. The Morgan fingerprint density at radius 2 is 0.280 bits per heavy atom. The first kappa shape index (κ1) is 85.2. The molecule has 0 aromatic carbocycles. The summed E-state index contributed by atoms with van der Waals surface area (Å²) < 4.78 is 0. The summed E-state index contributed by atoms with van der Waals surface area (Å²) in [7, 11) is 0. The predicted octanol–water partition coefficient (Wildman–Crippen LogP) is 13.0. The number of hydrogen-bond donors (Lipinski definition) is 0. The minimum absolute atomic E-state index is 0. The lowest BCUT2D eigenvalue weighted by Crippen LogP contribution is -1.27. The molecule has 0 saturated carbocycles. The lowest BCUT2D eigenvalue weighted by Gasteiger charge is -1.48. The van der Waals surface area contributed by atoms with E-state index in [-0.39, 0.29) is 8.85 Å². The van der Waals surface area contributed by atoms with Crippen molar-refractivity contribution in [3.8, 4) is 0 Å². The molecule has 0 saturated heterocycles. The van der Waals surface area contributed by atoms with E-state index in [1.807, 2.05) is 125 Å². The van der Waals surface area contributed by atoms with Gasteiger partial charge >= 0.3 is 0 Å². The Hall–Kier alpha value is 0. The molecular formula is C25H76. The van der Waals surface area contributed by atoms with Crippen molar-refractivity contribution in [2.45, 2.75) is 173 Å².